The molecule has 4 aromatic heterocycles. The number of carbonyl (C=O) groups excluding carboxylic acids is 3. The number of hydrogen-bond donors (Lipinski definition) is 3. The van der Waals surface area contributed by atoms with Gasteiger partial charge in [-0.3, -0.25) is 24.0 Å². The first-order valence-electron chi connectivity index (χ1n) is 13.7. The van der Waals surface area contributed by atoms with Gasteiger partial charge in [0, 0.05) is 47.3 Å². The van der Waals surface area contributed by atoms with Crippen LogP contribution in [-0.2, 0) is 22.7 Å². The molecule has 14 heteroatoms. The van der Waals surface area contributed by atoms with Crippen molar-refractivity contribution in [3.8, 4) is 11.3 Å². The van der Waals surface area contributed by atoms with E-state index in [-0.39, 0.29) is 36.5 Å². The highest BCUT2D eigenvalue weighted by molar-refractivity contribution is 9.10. The average Bonchev–Trinajstić information content (AvgIpc) is 3.41. The molecule has 4 atom stereocenters. The van der Waals surface area contributed by atoms with E-state index in [1.165, 1.54) is 16.5 Å². The van der Waals surface area contributed by atoms with Crippen molar-refractivity contribution in [3.63, 3.8) is 0 Å². The minimum atomic E-state index is -1.19. The molecule has 13 nitrogen and oxygen atoms in total. The summed E-state index contributed by atoms with van der Waals surface area (Å²) in [5.41, 5.74) is 2.23. The summed E-state index contributed by atoms with van der Waals surface area (Å²) >= 11 is 3.26. The number of amides is 2. The molecule has 0 radical (unpaired) electrons. The zero-order valence-electron chi connectivity index (χ0n) is 23.9. The van der Waals surface area contributed by atoms with Crippen molar-refractivity contribution < 1.29 is 24.6 Å². The number of Topliss-reactive ketones (excluding diaryl/α,β-unsaturated/α-hetero) is 1. The van der Waals surface area contributed by atoms with Crippen molar-refractivity contribution in [1.82, 2.24) is 34.6 Å². The van der Waals surface area contributed by atoms with Gasteiger partial charge in [-0.1, -0.05) is 13.0 Å². The van der Waals surface area contributed by atoms with Crippen LogP contribution in [0, 0.1) is 19.3 Å². The second-order valence-corrected chi connectivity index (χ2v) is 12.1. The number of carbonyl (C=O) groups is 3. The Labute approximate surface area is 254 Å². The number of ketones is 1. The van der Waals surface area contributed by atoms with E-state index in [9.17, 15) is 24.6 Å². The molecule has 6 rings (SSSR count). The topological polar surface area (TPSA) is 176 Å². The Hall–Kier alpha value is -4.14. The number of hydrogen-bond acceptors (Lipinski definition) is 10. The Balaban J connectivity index is 1.34. The second kappa shape index (κ2) is 10.5. The van der Waals surface area contributed by atoms with Gasteiger partial charge in [0.2, 0.25) is 5.91 Å². The average molecular weight is 650 g/mol. The van der Waals surface area contributed by atoms with Crippen LogP contribution in [0.2, 0.25) is 0 Å². The number of fused-ring (bicyclic) bond motifs is 2. The standard InChI is InChI=1S/C29H29BrN8O5/c1-13-24-18(7-19(33-13)17-9-31-15(3)32-10-17)23(14(2)40)36-37(24)11-22(41)38-20-8-29(20,4)26(42)25(38)28(43)35-27-16(12-39)5-6-21(30)34-27/h5-7,9-10,20,25-26,39,42H,8,11-12H2,1-4H3,(H,34,35,43)/t20-,25+,26?,29+/m1/s1. The number of nitrogens with zero attached hydrogens (tertiary/aromatic N) is 7. The van der Waals surface area contributed by atoms with E-state index >= 15 is 0 Å². The molecule has 2 fully saturated rings. The van der Waals surface area contributed by atoms with E-state index in [2.05, 4.69) is 46.3 Å². The van der Waals surface area contributed by atoms with Crippen LogP contribution in [0.3, 0.4) is 0 Å². The summed E-state index contributed by atoms with van der Waals surface area (Å²) in [6.07, 6.45) is 2.74. The van der Waals surface area contributed by atoms with E-state index in [0.29, 0.717) is 50.3 Å². The number of nitrogens with one attached hydrogen (secondary N) is 1. The molecule has 0 aromatic carbocycles. The molecule has 222 valence electrons. The molecule has 2 aliphatic rings. The van der Waals surface area contributed by atoms with E-state index in [4.69, 9.17) is 0 Å². The predicted octanol–water partition coefficient (Wildman–Crippen LogP) is 2.35. The summed E-state index contributed by atoms with van der Waals surface area (Å²) < 4.78 is 1.88. The van der Waals surface area contributed by atoms with Crippen LogP contribution >= 0.6 is 15.9 Å². The second-order valence-electron chi connectivity index (χ2n) is 11.3. The summed E-state index contributed by atoms with van der Waals surface area (Å²) in [5.74, 6) is -0.590. The smallest absolute Gasteiger partial charge is 0.251 e. The zero-order chi connectivity index (χ0) is 30.8. The number of anilines is 1. The van der Waals surface area contributed by atoms with Crippen LogP contribution in [0.5, 0.6) is 0 Å². The molecule has 3 N–H and O–H groups in total. The number of halogens is 1. The maximum Gasteiger partial charge on any atom is 0.251 e. The van der Waals surface area contributed by atoms with Crippen molar-refractivity contribution in [2.24, 2.45) is 5.41 Å². The monoisotopic (exact) mass is 648 g/mol. The molecule has 1 saturated carbocycles. The summed E-state index contributed by atoms with van der Waals surface area (Å²) in [4.78, 5) is 58.9. The van der Waals surface area contributed by atoms with Gasteiger partial charge in [-0.2, -0.15) is 5.10 Å². The molecule has 43 heavy (non-hydrogen) atoms. The van der Waals surface area contributed by atoms with Crippen LogP contribution in [0.25, 0.3) is 22.2 Å². The Morgan fingerprint density at radius 2 is 1.88 bits per heavy atom. The van der Waals surface area contributed by atoms with Crippen LogP contribution in [0.4, 0.5) is 5.82 Å². The van der Waals surface area contributed by atoms with Crippen LogP contribution in [0.15, 0.2) is 35.2 Å². The molecule has 0 bridgehead atoms. The molecule has 1 aliphatic heterocycles. The molecular formula is C29H29BrN8O5. The van der Waals surface area contributed by atoms with E-state index in [0.717, 1.165) is 0 Å². The number of aliphatic hydroxyl groups excluding tert-OH is 2. The Bertz CT molecular complexity index is 1810. The lowest BCUT2D eigenvalue weighted by molar-refractivity contribution is -0.141. The molecule has 1 aliphatic carbocycles. The first-order valence-corrected chi connectivity index (χ1v) is 14.5. The minimum Gasteiger partial charge on any atom is -0.392 e. The minimum absolute atomic E-state index is 0.132. The van der Waals surface area contributed by atoms with Crippen LogP contribution in [-0.4, -0.2) is 80.6 Å². The molecule has 4 aromatic rings. The fourth-order valence-corrected chi connectivity index (χ4v) is 6.25. The number of likely N-dealkylation sites (tertiary alicyclic amines) is 1. The summed E-state index contributed by atoms with van der Waals surface area (Å²) in [7, 11) is 0. The molecule has 2 amide bonds. The van der Waals surface area contributed by atoms with Crippen LogP contribution < -0.4 is 5.32 Å². The number of aromatic nitrogens is 6. The lowest BCUT2D eigenvalue weighted by Crippen LogP contribution is -2.51. The zero-order valence-corrected chi connectivity index (χ0v) is 25.5. The number of aryl methyl sites for hydroxylation is 2. The quantitative estimate of drug-likeness (QED) is 0.199. The van der Waals surface area contributed by atoms with E-state index in [1.807, 2.05) is 6.92 Å². The van der Waals surface area contributed by atoms with Gasteiger partial charge in [-0.05, 0) is 48.3 Å². The summed E-state index contributed by atoms with van der Waals surface area (Å²) in [6.45, 7) is 6.16. The molecular weight excluding hydrogens is 620 g/mol. The third kappa shape index (κ3) is 4.88. The maximum absolute atomic E-state index is 13.9. The van der Waals surface area contributed by atoms with Gasteiger partial charge in [-0.15, -0.1) is 0 Å². The van der Waals surface area contributed by atoms with Crippen molar-refractivity contribution in [2.75, 3.05) is 5.32 Å². The summed E-state index contributed by atoms with van der Waals surface area (Å²) in [6, 6.07) is 3.45. The van der Waals surface area contributed by atoms with Crippen molar-refractivity contribution in [2.45, 2.75) is 65.5 Å². The van der Waals surface area contributed by atoms with Crippen LogP contribution in [0.1, 0.15) is 47.8 Å². The largest absolute Gasteiger partial charge is 0.392 e. The van der Waals surface area contributed by atoms with Gasteiger partial charge in [0.25, 0.3) is 5.91 Å². The fraction of sp³-hybridized carbons (Fsp3) is 0.379. The fourth-order valence-electron chi connectivity index (χ4n) is 5.94. The first kappa shape index (κ1) is 29.0. The van der Waals surface area contributed by atoms with Gasteiger partial charge in [-0.25, -0.2) is 15.0 Å². The van der Waals surface area contributed by atoms with Gasteiger partial charge in [0.15, 0.2) is 5.78 Å². The van der Waals surface area contributed by atoms with Crippen molar-refractivity contribution >= 4 is 50.2 Å². The van der Waals surface area contributed by atoms with Gasteiger partial charge >= 0.3 is 0 Å². The van der Waals surface area contributed by atoms with Gasteiger partial charge in [0.05, 0.1) is 29.6 Å². The molecule has 1 saturated heterocycles. The number of aliphatic hydroxyl groups is 2. The normalized spacial score (nSPS) is 22.5. The van der Waals surface area contributed by atoms with Crippen molar-refractivity contribution in [3.05, 3.63) is 58.0 Å². The van der Waals surface area contributed by atoms with Gasteiger partial charge < -0.3 is 20.4 Å². The lowest BCUT2D eigenvalue weighted by Gasteiger charge is -2.29. The molecule has 0 spiro atoms. The third-order valence-electron chi connectivity index (χ3n) is 8.35. The molecule has 5 heterocycles. The Kier molecular flexibility index (Phi) is 7.10. The number of pyridine rings is 2. The Morgan fingerprint density at radius 3 is 2.56 bits per heavy atom. The van der Waals surface area contributed by atoms with Gasteiger partial charge in [0.1, 0.15) is 34.5 Å². The Morgan fingerprint density at radius 1 is 1.16 bits per heavy atom. The van der Waals surface area contributed by atoms with E-state index in [1.54, 1.807) is 44.4 Å². The highest BCUT2D eigenvalue weighted by Gasteiger charge is 2.70. The number of rotatable bonds is 7. The highest BCUT2D eigenvalue weighted by atomic mass is 79.9. The number of piperidine rings is 1. The highest BCUT2D eigenvalue weighted by Crippen LogP contribution is 2.59. The predicted molar refractivity (Wildman–Crippen MR) is 158 cm³/mol. The lowest BCUT2D eigenvalue weighted by atomic mass is 9.97. The maximum atomic E-state index is 13.9. The van der Waals surface area contributed by atoms with Crippen molar-refractivity contribution in [1.29, 1.82) is 0 Å². The van der Waals surface area contributed by atoms with E-state index < -0.39 is 29.4 Å². The summed E-state index contributed by atoms with van der Waals surface area (Å²) in [5, 5.41) is 28.6. The molecule has 1 unspecified atom stereocenters. The first-order chi connectivity index (χ1) is 20.4. The third-order valence-corrected chi connectivity index (χ3v) is 8.80. The SMILES string of the molecule is CC(=O)c1nn(CC(=O)N2[C@H](C(=O)Nc3nc(Br)ccc3CO)C(O)[C@@]3(C)C[C@@H]23)c2c(C)nc(-c3cnc(C)nc3)cc12.